The summed E-state index contributed by atoms with van der Waals surface area (Å²) in [5, 5.41) is 11.8. The van der Waals surface area contributed by atoms with Crippen LogP contribution in [0.2, 0.25) is 0 Å². The lowest BCUT2D eigenvalue weighted by Gasteiger charge is -2.07. The van der Waals surface area contributed by atoms with Crippen LogP contribution in [0.25, 0.3) is 11.3 Å². The van der Waals surface area contributed by atoms with E-state index in [1.165, 1.54) is 0 Å². The van der Waals surface area contributed by atoms with Crippen molar-refractivity contribution in [3.8, 4) is 22.8 Å². The number of aryl methyl sites for hydroxylation is 1. The van der Waals surface area contributed by atoms with Gasteiger partial charge in [0.2, 0.25) is 6.79 Å². The van der Waals surface area contributed by atoms with Gasteiger partial charge in [-0.25, -0.2) is 4.98 Å². The molecule has 1 aromatic carbocycles. The van der Waals surface area contributed by atoms with Crippen molar-refractivity contribution in [1.29, 1.82) is 0 Å². The summed E-state index contributed by atoms with van der Waals surface area (Å²) in [6, 6.07) is 5.93. The van der Waals surface area contributed by atoms with Crippen LogP contribution in [0.1, 0.15) is 5.56 Å². The lowest BCUT2D eigenvalue weighted by atomic mass is 10.1. The second kappa shape index (κ2) is 7.20. The van der Waals surface area contributed by atoms with Crippen LogP contribution in [0.15, 0.2) is 41.9 Å². The molecule has 7 nitrogen and oxygen atoms in total. The van der Waals surface area contributed by atoms with Gasteiger partial charge in [-0.15, -0.1) is 0 Å². The first kappa shape index (κ1) is 16.0. The molecule has 3 aromatic rings. The highest BCUT2D eigenvalue weighted by Crippen LogP contribution is 2.36. The Morgan fingerprint density at radius 2 is 2.24 bits per heavy atom. The number of hydrogen-bond donors (Lipinski definition) is 2. The third-order valence-corrected chi connectivity index (χ3v) is 5.04. The van der Waals surface area contributed by atoms with E-state index in [9.17, 15) is 0 Å². The van der Waals surface area contributed by atoms with Crippen molar-refractivity contribution < 1.29 is 9.47 Å². The molecule has 0 bridgehead atoms. The Kier molecular flexibility index (Phi) is 4.62. The molecule has 1 aliphatic heterocycles. The van der Waals surface area contributed by atoms with Gasteiger partial charge in [0.05, 0.1) is 11.9 Å². The number of thioether (sulfide) groups is 1. The number of nitrogens with one attached hydrogen (secondary N) is 2. The van der Waals surface area contributed by atoms with Crippen molar-refractivity contribution in [2.24, 2.45) is 7.05 Å². The average Bonchev–Trinajstić information content (AvgIpc) is 3.35. The average molecular weight is 357 g/mol. The number of imidazole rings is 1. The first-order valence-corrected chi connectivity index (χ1v) is 9.03. The van der Waals surface area contributed by atoms with Crippen LogP contribution in [0, 0.1) is 0 Å². The molecule has 2 aromatic heterocycles. The summed E-state index contributed by atoms with van der Waals surface area (Å²) in [7, 11) is 2.01. The van der Waals surface area contributed by atoms with Gasteiger partial charge in [-0.3, -0.25) is 5.10 Å². The molecule has 0 radical (unpaired) electrons. The lowest BCUT2D eigenvalue weighted by Crippen LogP contribution is -2.16. The largest absolute Gasteiger partial charge is 0.454 e. The summed E-state index contributed by atoms with van der Waals surface area (Å²) < 4.78 is 12.8. The molecule has 0 unspecified atom stereocenters. The molecular formula is C17H19N5O2S. The van der Waals surface area contributed by atoms with Gasteiger partial charge >= 0.3 is 0 Å². The Labute approximate surface area is 149 Å². The normalized spacial score (nSPS) is 12.7. The lowest BCUT2D eigenvalue weighted by molar-refractivity contribution is 0.174. The van der Waals surface area contributed by atoms with E-state index in [2.05, 4.69) is 20.5 Å². The van der Waals surface area contributed by atoms with Crippen LogP contribution in [0.3, 0.4) is 0 Å². The van der Waals surface area contributed by atoms with Crippen LogP contribution in [-0.2, 0) is 13.6 Å². The Morgan fingerprint density at radius 1 is 1.32 bits per heavy atom. The molecule has 0 amide bonds. The molecule has 4 rings (SSSR count). The van der Waals surface area contributed by atoms with Crippen molar-refractivity contribution in [2.45, 2.75) is 11.7 Å². The van der Waals surface area contributed by atoms with Gasteiger partial charge in [0, 0.05) is 49.4 Å². The molecule has 0 aliphatic carbocycles. The fraction of sp³-hybridized carbons (Fsp3) is 0.294. The van der Waals surface area contributed by atoms with Crippen molar-refractivity contribution in [3.05, 3.63) is 42.4 Å². The Balaban J connectivity index is 1.33. The van der Waals surface area contributed by atoms with Gasteiger partial charge < -0.3 is 19.4 Å². The molecule has 3 heterocycles. The van der Waals surface area contributed by atoms with Crippen LogP contribution < -0.4 is 14.8 Å². The quantitative estimate of drug-likeness (QED) is 0.500. The zero-order valence-electron chi connectivity index (χ0n) is 13.9. The van der Waals surface area contributed by atoms with Crippen molar-refractivity contribution in [3.63, 3.8) is 0 Å². The minimum atomic E-state index is 0.282. The summed E-state index contributed by atoms with van der Waals surface area (Å²) in [5.41, 5.74) is 3.17. The number of hydrogen-bond acceptors (Lipinski definition) is 6. The van der Waals surface area contributed by atoms with E-state index in [1.807, 2.05) is 48.4 Å². The van der Waals surface area contributed by atoms with Gasteiger partial charge in [0.1, 0.15) is 0 Å². The molecule has 130 valence electrons. The first-order valence-electron chi connectivity index (χ1n) is 8.04. The Bertz CT molecular complexity index is 860. The summed E-state index contributed by atoms with van der Waals surface area (Å²) in [6.45, 7) is 1.93. The highest BCUT2D eigenvalue weighted by molar-refractivity contribution is 7.99. The predicted octanol–water partition coefficient (Wildman–Crippen LogP) is 2.42. The zero-order chi connectivity index (χ0) is 17.1. The summed E-state index contributed by atoms with van der Waals surface area (Å²) >= 11 is 1.74. The van der Waals surface area contributed by atoms with E-state index in [-0.39, 0.29) is 6.79 Å². The van der Waals surface area contributed by atoms with Gasteiger partial charge in [0.15, 0.2) is 16.7 Å². The number of aromatic amines is 1. The maximum Gasteiger partial charge on any atom is 0.231 e. The maximum atomic E-state index is 5.45. The minimum absolute atomic E-state index is 0.282. The smallest absolute Gasteiger partial charge is 0.231 e. The molecular weight excluding hydrogens is 338 g/mol. The number of nitrogens with zero attached hydrogens (tertiary/aromatic N) is 3. The third kappa shape index (κ3) is 3.49. The van der Waals surface area contributed by atoms with E-state index in [0.29, 0.717) is 0 Å². The van der Waals surface area contributed by atoms with E-state index in [0.717, 1.165) is 52.3 Å². The number of benzene rings is 1. The van der Waals surface area contributed by atoms with Crippen LogP contribution in [0.4, 0.5) is 0 Å². The third-order valence-electron chi connectivity index (χ3n) is 3.98. The second-order valence-electron chi connectivity index (χ2n) is 5.68. The maximum absolute atomic E-state index is 5.45. The fourth-order valence-electron chi connectivity index (χ4n) is 2.68. The fourth-order valence-corrected chi connectivity index (χ4v) is 3.50. The number of ether oxygens (including phenoxy) is 2. The molecule has 0 atom stereocenters. The second-order valence-corrected chi connectivity index (χ2v) is 6.75. The molecule has 2 N–H and O–H groups in total. The van der Waals surface area contributed by atoms with E-state index in [1.54, 1.807) is 11.8 Å². The Hall–Kier alpha value is -2.45. The van der Waals surface area contributed by atoms with E-state index in [4.69, 9.17) is 9.47 Å². The van der Waals surface area contributed by atoms with Gasteiger partial charge in [-0.05, 0) is 18.2 Å². The number of H-pyrrole nitrogens is 1. The van der Waals surface area contributed by atoms with Crippen molar-refractivity contribution in [2.75, 3.05) is 19.1 Å². The van der Waals surface area contributed by atoms with Crippen molar-refractivity contribution in [1.82, 2.24) is 25.1 Å². The monoisotopic (exact) mass is 357 g/mol. The molecule has 8 heteroatoms. The number of fused-ring (bicyclic) bond motifs is 1. The van der Waals surface area contributed by atoms with Crippen molar-refractivity contribution >= 4 is 11.8 Å². The molecule has 1 aliphatic rings. The van der Waals surface area contributed by atoms with E-state index < -0.39 is 0 Å². The molecule has 0 saturated heterocycles. The molecule has 0 saturated carbocycles. The number of aromatic nitrogens is 4. The van der Waals surface area contributed by atoms with E-state index >= 15 is 0 Å². The topological polar surface area (TPSA) is 77.0 Å². The van der Waals surface area contributed by atoms with Crippen LogP contribution >= 0.6 is 11.8 Å². The predicted molar refractivity (Wildman–Crippen MR) is 95.8 cm³/mol. The molecule has 0 spiro atoms. The Morgan fingerprint density at radius 3 is 3.12 bits per heavy atom. The zero-order valence-corrected chi connectivity index (χ0v) is 14.7. The summed E-state index contributed by atoms with van der Waals surface area (Å²) in [5.74, 6) is 2.52. The molecule has 25 heavy (non-hydrogen) atoms. The molecule has 0 fully saturated rings. The SMILES string of the molecule is Cn1ccnc1SCCNCc1cn[nH]c1-c1ccc2c(c1)OCO2. The highest BCUT2D eigenvalue weighted by Gasteiger charge is 2.16. The van der Waals surface area contributed by atoms with Gasteiger partial charge in [0.25, 0.3) is 0 Å². The first-order chi connectivity index (χ1) is 12.3. The van der Waals surface area contributed by atoms with Crippen LogP contribution in [0.5, 0.6) is 11.5 Å². The van der Waals surface area contributed by atoms with Gasteiger partial charge in [-0.1, -0.05) is 11.8 Å². The number of rotatable bonds is 7. The summed E-state index contributed by atoms with van der Waals surface area (Å²) in [4.78, 5) is 4.31. The minimum Gasteiger partial charge on any atom is -0.454 e. The highest BCUT2D eigenvalue weighted by atomic mass is 32.2. The standard InChI is InChI=1S/C17H19N5O2S/c1-22-6-4-19-17(22)25-7-5-18-9-13-10-20-21-16(13)12-2-3-14-15(8-12)24-11-23-14/h2-4,6,8,10,18H,5,7,9,11H2,1H3,(H,20,21). The van der Waals surface area contributed by atoms with Gasteiger partial charge in [-0.2, -0.15) is 5.10 Å². The van der Waals surface area contributed by atoms with Crippen LogP contribution in [-0.4, -0.2) is 38.8 Å². The summed E-state index contributed by atoms with van der Waals surface area (Å²) in [6.07, 6.45) is 5.64.